The van der Waals surface area contributed by atoms with Crippen molar-refractivity contribution in [1.82, 2.24) is 9.13 Å². The smallest absolute Gasteiger partial charge is 0.256 e. The molecule has 0 unspecified atom stereocenters. The molecule has 19 rings (SSSR count). The summed E-state index contributed by atoms with van der Waals surface area (Å²) in [6.07, 6.45) is 0. The lowest BCUT2D eigenvalue weighted by molar-refractivity contribution is 0.486. The van der Waals surface area contributed by atoms with Crippen molar-refractivity contribution in [1.29, 1.82) is 0 Å². The van der Waals surface area contributed by atoms with Gasteiger partial charge in [0.2, 0.25) is 0 Å². The van der Waals surface area contributed by atoms with Crippen LogP contribution < -0.4 is 26.0 Å². The first-order chi connectivity index (χ1) is 51.1. The molecule has 2 aromatic heterocycles. The van der Waals surface area contributed by atoms with Gasteiger partial charge in [-0.2, -0.15) is 0 Å². The van der Waals surface area contributed by atoms with E-state index in [1.54, 1.807) is 0 Å². The second-order valence-electron chi connectivity index (χ2n) is 34.1. The Morgan fingerprint density at radius 2 is 0.689 bits per heavy atom. The summed E-state index contributed by atoms with van der Waals surface area (Å²) in [5, 5.41) is 5.01. The highest BCUT2D eigenvalue weighted by atomic mass is 16.5. The number of aromatic nitrogens is 2. The van der Waals surface area contributed by atoms with E-state index in [2.05, 4.69) is 400 Å². The van der Waals surface area contributed by atoms with Crippen molar-refractivity contribution in [2.45, 2.75) is 110 Å². The van der Waals surface area contributed by atoms with Gasteiger partial charge >= 0.3 is 0 Å². The Kier molecular flexibility index (Phi) is 14.6. The van der Waals surface area contributed by atoms with E-state index in [1.807, 2.05) is 0 Å². The van der Waals surface area contributed by atoms with Crippen molar-refractivity contribution in [2.24, 2.45) is 0 Å². The fraction of sp³-hybridized carbons (Fsp3) is 0.168. The lowest BCUT2D eigenvalue weighted by atomic mass is 9.34. The van der Waals surface area contributed by atoms with Gasteiger partial charge in [0.15, 0.2) is 0 Å². The third-order valence-corrected chi connectivity index (χ3v) is 23.5. The van der Waals surface area contributed by atoms with Crippen LogP contribution in [0, 0.1) is 0 Å². The predicted molar refractivity (Wildman–Crippen MR) is 449 cm³/mol. The van der Waals surface area contributed by atoms with Gasteiger partial charge < -0.3 is 18.8 Å². The summed E-state index contributed by atoms with van der Waals surface area (Å²) in [7, 11) is 0. The van der Waals surface area contributed by atoms with Gasteiger partial charge in [-0.15, -0.1) is 0 Å². The zero-order valence-electron chi connectivity index (χ0n) is 62.7. The van der Waals surface area contributed by atoms with Crippen LogP contribution >= 0.6 is 0 Å². The van der Waals surface area contributed by atoms with E-state index in [9.17, 15) is 0 Å². The van der Waals surface area contributed by atoms with Crippen LogP contribution in [-0.2, 0) is 27.1 Å². The maximum atomic E-state index is 8.08. The second-order valence-corrected chi connectivity index (χ2v) is 34.1. The Morgan fingerprint density at radius 3 is 1.13 bits per heavy atom. The molecule has 0 N–H and O–H groups in total. The fourth-order valence-electron chi connectivity index (χ4n) is 18.0. The highest BCUT2D eigenvalue weighted by Gasteiger charge is 2.50. The molecule has 106 heavy (non-hydrogen) atoms. The standard InChI is InChI=1S/C101H86BN3O/c1-97(2,3)68-41-49-87-79(55-68)80-56-69(98(4,5)6)42-50-88(80)103(87)73-45-47-85-91(61-73)105(96-77(64-31-19-14-20-32-64)53-66(63-29-17-13-18-30-63)54-78(96)65-33-21-15-22-34-65)92-59-72(101(67-35-23-16-24-36-67)83-39-27-25-37-75(83)76-38-26-28-40-84(76)101)60-94-95(92)102(85)86-48-46-74(62-93(86)106-94)104-89-51-43-70(99(7,8)9)57-81(89)82-58-71(100(10,11)12)44-52-90(82)104/h13-62H,1-12H3. The summed E-state index contributed by atoms with van der Waals surface area (Å²) < 4.78 is 13.1. The molecule has 14 aromatic carbocycles. The van der Waals surface area contributed by atoms with Gasteiger partial charge in [0, 0.05) is 61.5 Å². The van der Waals surface area contributed by atoms with Crippen LogP contribution in [0.5, 0.6) is 11.5 Å². The molecule has 514 valence electrons. The van der Waals surface area contributed by atoms with Gasteiger partial charge in [0.25, 0.3) is 6.71 Å². The molecule has 0 saturated carbocycles. The van der Waals surface area contributed by atoms with Crippen LogP contribution in [0.4, 0.5) is 17.1 Å². The zero-order valence-corrected chi connectivity index (χ0v) is 62.7. The summed E-state index contributed by atoms with van der Waals surface area (Å²) in [5.74, 6) is 1.67. The molecule has 5 heteroatoms. The Labute approximate surface area is 624 Å². The number of benzene rings is 14. The molecular weight excluding hydrogens is 1280 g/mol. The molecule has 4 nitrogen and oxygen atoms in total. The average molecular weight is 1370 g/mol. The van der Waals surface area contributed by atoms with E-state index in [0.717, 1.165) is 89.8 Å². The monoisotopic (exact) mass is 1370 g/mol. The van der Waals surface area contributed by atoms with Crippen molar-refractivity contribution >= 4 is 83.8 Å². The van der Waals surface area contributed by atoms with E-state index in [-0.39, 0.29) is 28.4 Å². The average Bonchev–Trinajstić information content (AvgIpc) is 1.21. The zero-order chi connectivity index (χ0) is 72.5. The lowest BCUT2D eigenvalue weighted by Crippen LogP contribution is -2.59. The number of nitrogens with zero attached hydrogens (tertiary/aromatic N) is 3. The van der Waals surface area contributed by atoms with Gasteiger partial charge in [0.05, 0.1) is 33.2 Å². The predicted octanol–water partition coefficient (Wildman–Crippen LogP) is 24.8. The van der Waals surface area contributed by atoms with E-state index in [4.69, 9.17) is 4.74 Å². The molecule has 0 amide bonds. The first-order valence-corrected chi connectivity index (χ1v) is 37.8. The lowest BCUT2D eigenvalue weighted by Gasteiger charge is -2.43. The Morgan fingerprint density at radius 1 is 0.292 bits per heavy atom. The minimum Gasteiger partial charge on any atom is -0.458 e. The van der Waals surface area contributed by atoms with Crippen LogP contribution in [-0.4, -0.2) is 15.8 Å². The number of fused-ring (bicyclic) bond motifs is 13. The van der Waals surface area contributed by atoms with Gasteiger partial charge in [-0.1, -0.05) is 289 Å². The van der Waals surface area contributed by atoms with Crippen LogP contribution in [0.25, 0.3) is 99.5 Å². The molecule has 4 heterocycles. The number of rotatable bonds is 8. The van der Waals surface area contributed by atoms with Crippen LogP contribution in [0.2, 0.25) is 0 Å². The van der Waals surface area contributed by atoms with Crippen LogP contribution in [0.3, 0.4) is 0 Å². The normalized spacial score (nSPS) is 13.8. The number of anilines is 3. The third-order valence-electron chi connectivity index (χ3n) is 23.5. The third kappa shape index (κ3) is 10.1. The maximum absolute atomic E-state index is 8.08. The first-order valence-electron chi connectivity index (χ1n) is 37.8. The van der Waals surface area contributed by atoms with E-state index in [1.165, 1.54) is 99.1 Å². The van der Waals surface area contributed by atoms with Crippen LogP contribution in [0.15, 0.2) is 303 Å². The molecular formula is C101H86BN3O. The highest BCUT2D eigenvalue weighted by molar-refractivity contribution is 6.99. The fourth-order valence-corrected chi connectivity index (χ4v) is 18.0. The van der Waals surface area contributed by atoms with Crippen molar-refractivity contribution in [3.05, 3.63) is 348 Å². The minimum atomic E-state index is -0.794. The van der Waals surface area contributed by atoms with Gasteiger partial charge in [0.1, 0.15) is 11.5 Å². The molecule has 16 aromatic rings. The van der Waals surface area contributed by atoms with Crippen molar-refractivity contribution in [3.63, 3.8) is 0 Å². The molecule has 0 fully saturated rings. The molecule has 0 radical (unpaired) electrons. The van der Waals surface area contributed by atoms with E-state index < -0.39 is 5.41 Å². The first kappa shape index (κ1) is 65.1. The number of hydrogen-bond donors (Lipinski definition) is 0. The summed E-state index contributed by atoms with van der Waals surface area (Å²) in [4.78, 5) is 2.68. The maximum Gasteiger partial charge on any atom is 0.256 e. The topological polar surface area (TPSA) is 22.3 Å². The van der Waals surface area contributed by atoms with Crippen molar-refractivity contribution < 1.29 is 4.74 Å². The highest BCUT2D eigenvalue weighted by Crippen LogP contribution is 2.59. The van der Waals surface area contributed by atoms with Crippen LogP contribution in [0.1, 0.15) is 128 Å². The SMILES string of the molecule is CC(C)(C)c1ccc2c(c1)c1cc(C(C)(C)C)ccc1n2-c1ccc2c(c1)Oc1cc(C3(c4ccccc4)c4ccccc4-c4ccccc43)cc3c1B2c1ccc(-n2c4ccc(C(C)(C)C)cc4c4cc(C(C)(C)C)ccc42)cc1N3c1c(-c2ccccc2)cc(-c2ccccc2)cc1-c1ccccc1. The second kappa shape index (κ2) is 23.7. The Bertz CT molecular complexity index is 6020. The molecule has 0 spiro atoms. The molecule has 0 bridgehead atoms. The molecule has 0 atom stereocenters. The quantitative estimate of drug-likeness (QED) is 0.142. The number of ether oxygens (including phenoxy) is 1. The number of hydrogen-bond acceptors (Lipinski definition) is 2. The summed E-state index contributed by atoms with van der Waals surface area (Å²) in [6, 6.07) is 116. The molecule has 1 aliphatic carbocycles. The van der Waals surface area contributed by atoms with E-state index in [0.29, 0.717) is 0 Å². The Hall–Kier alpha value is -11.7. The molecule has 3 aliphatic rings. The minimum absolute atomic E-state index is 0.0447. The van der Waals surface area contributed by atoms with Crippen molar-refractivity contribution in [2.75, 3.05) is 4.90 Å². The van der Waals surface area contributed by atoms with Gasteiger partial charge in [-0.05, 0) is 207 Å². The van der Waals surface area contributed by atoms with Gasteiger partial charge in [-0.3, -0.25) is 0 Å². The molecule has 0 saturated heterocycles. The van der Waals surface area contributed by atoms with Gasteiger partial charge in [-0.25, -0.2) is 0 Å². The molecule has 2 aliphatic heterocycles. The van der Waals surface area contributed by atoms with E-state index >= 15 is 0 Å². The largest absolute Gasteiger partial charge is 0.458 e. The summed E-state index contributed by atoms with van der Waals surface area (Å²) >= 11 is 0. The summed E-state index contributed by atoms with van der Waals surface area (Å²) in [6.45, 7) is 27.6. The Balaban J connectivity index is 0.962. The summed E-state index contributed by atoms with van der Waals surface area (Å²) in [5.41, 5.74) is 31.7. The van der Waals surface area contributed by atoms with Crippen molar-refractivity contribution in [3.8, 4) is 67.4 Å².